The van der Waals surface area contributed by atoms with Gasteiger partial charge < -0.3 is 15.2 Å². The van der Waals surface area contributed by atoms with Crippen molar-refractivity contribution in [1.82, 2.24) is 14.9 Å². The molecule has 3 rings (SSSR count). The molecule has 0 aliphatic carbocycles. The smallest absolute Gasteiger partial charge is 0.254 e. The topological polar surface area (TPSA) is 76.0 Å². The molecule has 2 N–H and O–H groups in total. The van der Waals surface area contributed by atoms with Crippen LogP contribution in [-0.4, -0.2) is 27.9 Å². The van der Waals surface area contributed by atoms with Gasteiger partial charge in [0.25, 0.3) is 5.91 Å². The fourth-order valence-corrected chi connectivity index (χ4v) is 2.94. The van der Waals surface area contributed by atoms with Crippen LogP contribution in [0.5, 0.6) is 0 Å². The van der Waals surface area contributed by atoms with Gasteiger partial charge in [-0.25, -0.2) is 9.37 Å². The Kier molecular flexibility index (Phi) is 4.83. The Morgan fingerprint density at radius 1 is 1.44 bits per heavy atom. The van der Waals surface area contributed by atoms with Gasteiger partial charge in [-0.2, -0.15) is 0 Å². The lowest BCUT2D eigenvalue weighted by atomic mass is 9.99. The first kappa shape index (κ1) is 17.1. The van der Waals surface area contributed by atoms with E-state index in [4.69, 9.17) is 0 Å². The van der Waals surface area contributed by atoms with Crippen LogP contribution in [0.3, 0.4) is 0 Å². The number of anilines is 1. The molecule has 2 heterocycles. The number of carbonyl (C=O) groups is 2. The number of benzene rings is 1. The molecule has 1 aromatic heterocycles. The second-order valence-corrected chi connectivity index (χ2v) is 6.48. The second kappa shape index (κ2) is 7.04. The van der Waals surface area contributed by atoms with Crippen molar-refractivity contribution in [3.8, 4) is 0 Å². The SMILES string of the molecule is Cc1nccn1C[C@@H](C)CNC(=O)c1cc2c(cc1F)NC(=O)CC2. The normalized spacial score (nSPS) is 14.6. The lowest BCUT2D eigenvalue weighted by Gasteiger charge is -2.19. The predicted molar refractivity (Wildman–Crippen MR) is 91.8 cm³/mol. The van der Waals surface area contributed by atoms with Gasteiger partial charge in [-0.3, -0.25) is 9.59 Å². The number of aromatic nitrogens is 2. The molecule has 0 spiro atoms. The summed E-state index contributed by atoms with van der Waals surface area (Å²) in [6.07, 6.45) is 4.49. The minimum Gasteiger partial charge on any atom is -0.352 e. The van der Waals surface area contributed by atoms with E-state index in [0.717, 1.165) is 17.9 Å². The Morgan fingerprint density at radius 2 is 2.24 bits per heavy atom. The van der Waals surface area contributed by atoms with Gasteiger partial charge in [0.1, 0.15) is 11.6 Å². The molecule has 0 saturated carbocycles. The van der Waals surface area contributed by atoms with Gasteiger partial charge in [0.2, 0.25) is 5.91 Å². The summed E-state index contributed by atoms with van der Waals surface area (Å²) in [7, 11) is 0. The van der Waals surface area contributed by atoms with Crippen molar-refractivity contribution in [2.75, 3.05) is 11.9 Å². The van der Waals surface area contributed by atoms with E-state index in [1.807, 2.05) is 24.6 Å². The van der Waals surface area contributed by atoms with E-state index in [-0.39, 0.29) is 17.4 Å². The summed E-state index contributed by atoms with van der Waals surface area (Å²) in [6, 6.07) is 2.75. The lowest BCUT2D eigenvalue weighted by molar-refractivity contribution is -0.116. The van der Waals surface area contributed by atoms with Crippen LogP contribution in [0.2, 0.25) is 0 Å². The zero-order valence-electron chi connectivity index (χ0n) is 14.3. The van der Waals surface area contributed by atoms with E-state index >= 15 is 0 Å². The number of nitrogens with zero attached hydrogens (tertiary/aromatic N) is 2. The standard InChI is InChI=1S/C18H21FN4O2/c1-11(10-23-6-5-20-12(23)2)9-21-18(25)14-7-13-3-4-17(24)22-16(13)8-15(14)19/h5-8,11H,3-4,9-10H2,1-2H3,(H,21,25)(H,22,24)/t11-/m0/s1. The molecule has 1 aromatic carbocycles. The largest absolute Gasteiger partial charge is 0.352 e. The Morgan fingerprint density at radius 3 is 2.96 bits per heavy atom. The monoisotopic (exact) mass is 344 g/mol. The number of nitrogens with one attached hydrogen (secondary N) is 2. The van der Waals surface area contributed by atoms with Crippen LogP contribution < -0.4 is 10.6 Å². The van der Waals surface area contributed by atoms with Crippen molar-refractivity contribution in [3.63, 3.8) is 0 Å². The molecule has 0 bridgehead atoms. The molecule has 7 heteroatoms. The maximum atomic E-state index is 14.2. The third-order valence-corrected chi connectivity index (χ3v) is 4.38. The molecular weight excluding hydrogens is 323 g/mol. The maximum Gasteiger partial charge on any atom is 0.254 e. The van der Waals surface area contributed by atoms with Crippen LogP contribution in [0, 0.1) is 18.7 Å². The van der Waals surface area contributed by atoms with Gasteiger partial charge in [-0.05, 0) is 37.0 Å². The van der Waals surface area contributed by atoms with Crippen LogP contribution in [0.1, 0.15) is 35.1 Å². The number of aryl methyl sites for hydroxylation is 2. The Bertz CT molecular complexity index is 815. The average Bonchev–Trinajstić information content (AvgIpc) is 2.96. The number of rotatable bonds is 5. The van der Waals surface area contributed by atoms with Gasteiger partial charge in [-0.15, -0.1) is 0 Å². The van der Waals surface area contributed by atoms with Crippen molar-refractivity contribution >= 4 is 17.5 Å². The zero-order chi connectivity index (χ0) is 18.0. The summed E-state index contributed by atoms with van der Waals surface area (Å²) in [5, 5.41) is 5.41. The van der Waals surface area contributed by atoms with Gasteiger partial charge in [0.15, 0.2) is 0 Å². The van der Waals surface area contributed by atoms with Crippen LogP contribution in [0.15, 0.2) is 24.5 Å². The molecular formula is C18H21FN4O2. The van der Waals surface area contributed by atoms with Crippen LogP contribution >= 0.6 is 0 Å². The number of amides is 2. The number of carbonyl (C=O) groups excluding carboxylic acids is 2. The molecule has 0 radical (unpaired) electrons. The van der Waals surface area contributed by atoms with Crippen LogP contribution in [0.25, 0.3) is 0 Å². The highest BCUT2D eigenvalue weighted by atomic mass is 19.1. The third kappa shape index (κ3) is 3.87. The molecule has 25 heavy (non-hydrogen) atoms. The quantitative estimate of drug-likeness (QED) is 0.874. The first-order valence-corrected chi connectivity index (χ1v) is 8.32. The lowest BCUT2D eigenvalue weighted by Crippen LogP contribution is -2.31. The van der Waals surface area contributed by atoms with E-state index in [1.54, 1.807) is 6.20 Å². The first-order valence-electron chi connectivity index (χ1n) is 8.32. The minimum absolute atomic E-state index is 0.0147. The third-order valence-electron chi connectivity index (χ3n) is 4.38. The predicted octanol–water partition coefficient (Wildman–Crippen LogP) is 2.28. The summed E-state index contributed by atoms with van der Waals surface area (Å²) in [5.74, 6) is -0.103. The molecule has 1 aliphatic heterocycles. The fraction of sp³-hybridized carbons (Fsp3) is 0.389. The van der Waals surface area contributed by atoms with Crippen LogP contribution in [0.4, 0.5) is 10.1 Å². The zero-order valence-corrected chi connectivity index (χ0v) is 14.3. The molecule has 0 fully saturated rings. The number of hydrogen-bond donors (Lipinski definition) is 2. The van der Waals surface area contributed by atoms with E-state index in [1.165, 1.54) is 12.1 Å². The molecule has 1 atom stereocenters. The molecule has 2 aromatic rings. The Labute approximate surface area is 145 Å². The maximum absolute atomic E-state index is 14.2. The van der Waals surface area contributed by atoms with E-state index < -0.39 is 11.7 Å². The van der Waals surface area contributed by atoms with Crippen LogP contribution in [-0.2, 0) is 17.8 Å². The summed E-state index contributed by atoms with van der Waals surface area (Å²) >= 11 is 0. The first-order chi connectivity index (χ1) is 11.9. The Balaban J connectivity index is 1.63. The summed E-state index contributed by atoms with van der Waals surface area (Å²) in [4.78, 5) is 27.9. The summed E-state index contributed by atoms with van der Waals surface area (Å²) in [6.45, 7) is 5.10. The van der Waals surface area contributed by atoms with Crippen molar-refractivity contribution in [2.24, 2.45) is 5.92 Å². The van der Waals surface area contributed by atoms with Crippen molar-refractivity contribution < 1.29 is 14.0 Å². The van der Waals surface area contributed by atoms with Gasteiger partial charge >= 0.3 is 0 Å². The van der Waals surface area contributed by atoms with Gasteiger partial charge in [0, 0.05) is 37.6 Å². The summed E-state index contributed by atoms with van der Waals surface area (Å²) in [5.41, 5.74) is 1.25. The highest BCUT2D eigenvalue weighted by molar-refractivity contribution is 5.98. The number of imidazole rings is 1. The highest BCUT2D eigenvalue weighted by Crippen LogP contribution is 2.25. The van der Waals surface area contributed by atoms with Gasteiger partial charge in [0.05, 0.1) is 5.56 Å². The average molecular weight is 344 g/mol. The highest BCUT2D eigenvalue weighted by Gasteiger charge is 2.20. The van der Waals surface area contributed by atoms with E-state index in [2.05, 4.69) is 15.6 Å². The molecule has 1 aliphatic rings. The molecule has 6 nitrogen and oxygen atoms in total. The van der Waals surface area contributed by atoms with Crippen molar-refractivity contribution in [2.45, 2.75) is 33.2 Å². The molecule has 0 saturated heterocycles. The second-order valence-electron chi connectivity index (χ2n) is 6.48. The molecule has 2 amide bonds. The molecule has 132 valence electrons. The number of fused-ring (bicyclic) bond motifs is 1. The van der Waals surface area contributed by atoms with Gasteiger partial charge in [-0.1, -0.05) is 6.92 Å². The number of halogens is 1. The fourth-order valence-electron chi connectivity index (χ4n) is 2.94. The summed E-state index contributed by atoms with van der Waals surface area (Å²) < 4.78 is 16.2. The van der Waals surface area contributed by atoms with E-state index in [9.17, 15) is 14.0 Å². The van der Waals surface area contributed by atoms with Crippen molar-refractivity contribution in [1.29, 1.82) is 0 Å². The number of hydrogen-bond acceptors (Lipinski definition) is 3. The van der Waals surface area contributed by atoms with E-state index in [0.29, 0.717) is 25.1 Å². The Hall–Kier alpha value is -2.70. The minimum atomic E-state index is -0.628. The van der Waals surface area contributed by atoms with Crippen molar-refractivity contribution in [3.05, 3.63) is 47.3 Å². The molecule has 0 unspecified atom stereocenters.